The van der Waals surface area contributed by atoms with Gasteiger partial charge in [-0.3, -0.25) is 9.00 Å². The number of rotatable bonds is 3. The number of benzene rings is 1. The Morgan fingerprint density at radius 3 is 2.55 bits per heavy atom. The van der Waals surface area contributed by atoms with Crippen LogP contribution in [-0.4, -0.2) is 33.9 Å². The smallest absolute Gasteiger partial charge is 0.235 e. The Hall–Kier alpha value is -1.07. The minimum Gasteiger partial charge on any atom is -0.398 e. The molecule has 1 fully saturated rings. The molecule has 1 atom stereocenters. The van der Waals surface area contributed by atoms with Crippen molar-refractivity contribution < 1.29 is 9.00 Å². The van der Waals surface area contributed by atoms with E-state index in [-0.39, 0.29) is 11.7 Å². The lowest BCUT2D eigenvalue weighted by Gasteiger charge is -2.20. The van der Waals surface area contributed by atoms with Crippen LogP contribution in [0.25, 0.3) is 0 Å². The maximum absolute atomic E-state index is 12.3. The molecule has 1 unspecified atom stereocenters. The number of hydrogen-bond donors (Lipinski definition) is 1. The lowest BCUT2D eigenvalue weighted by molar-refractivity contribution is -0.128. The van der Waals surface area contributed by atoms with Crippen LogP contribution in [0.3, 0.4) is 0 Å². The van der Waals surface area contributed by atoms with E-state index in [0.29, 0.717) is 15.6 Å². The molecule has 1 aliphatic heterocycles. The SMILES string of the molecule is Nc1ccc(Cl)cc1S(=O)CC(=O)N1CCCCCC1. The highest BCUT2D eigenvalue weighted by atomic mass is 35.5. The van der Waals surface area contributed by atoms with Crippen molar-refractivity contribution in [2.75, 3.05) is 24.6 Å². The first-order valence-corrected chi connectivity index (χ1v) is 8.49. The Bertz CT molecular complexity index is 514. The minimum absolute atomic E-state index is 0.0233. The molecule has 2 rings (SSSR count). The monoisotopic (exact) mass is 314 g/mol. The number of anilines is 1. The highest BCUT2D eigenvalue weighted by Crippen LogP contribution is 2.22. The maximum Gasteiger partial charge on any atom is 0.235 e. The highest BCUT2D eigenvalue weighted by molar-refractivity contribution is 7.86. The molecule has 110 valence electrons. The zero-order valence-electron chi connectivity index (χ0n) is 11.3. The van der Waals surface area contributed by atoms with Crippen LogP contribution in [0.2, 0.25) is 5.02 Å². The first kappa shape index (κ1) is 15.3. The summed E-state index contributed by atoms with van der Waals surface area (Å²) in [6.07, 6.45) is 4.37. The molecule has 1 aliphatic rings. The average molecular weight is 315 g/mol. The Kier molecular flexibility index (Phi) is 5.43. The molecule has 1 saturated heterocycles. The van der Waals surface area contributed by atoms with E-state index in [9.17, 15) is 9.00 Å². The van der Waals surface area contributed by atoms with Crippen molar-refractivity contribution in [2.45, 2.75) is 30.6 Å². The molecule has 0 radical (unpaired) electrons. The summed E-state index contributed by atoms with van der Waals surface area (Å²) in [5.41, 5.74) is 6.21. The molecule has 0 aromatic heterocycles. The summed E-state index contributed by atoms with van der Waals surface area (Å²) in [6, 6.07) is 4.84. The van der Waals surface area contributed by atoms with Gasteiger partial charge in [0.15, 0.2) is 0 Å². The molecule has 0 saturated carbocycles. The van der Waals surface area contributed by atoms with Gasteiger partial charge < -0.3 is 10.6 Å². The highest BCUT2D eigenvalue weighted by Gasteiger charge is 2.19. The van der Waals surface area contributed by atoms with E-state index in [1.807, 2.05) is 4.90 Å². The molecule has 1 heterocycles. The Balaban J connectivity index is 2.03. The lowest BCUT2D eigenvalue weighted by Crippen LogP contribution is -2.35. The molecule has 1 aromatic carbocycles. The number of nitrogen functional groups attached to an aromatic ring is 1. The molecule has 0 spiro atoms. The number of nitrogens with zero attached hydrogens (tertiary/aromatic N) is 1. The molecule has 1 amide bonds. The summed E-state index contributed by atoms with van der Waals surface area (Å²) in [5, 5.41) is 0.477. The van der Waals surface area contributed by atoms with Crippen molar-refractivity contribution in [3.8, 4) is 0 Å². The largest absolute Gasteiger partial charge is 0.398 e. The first-order valence-electron chi connectivity index (χ1n) is 6.79. The van der Waals surface area contributed by atoms with Crippen LogP contribution in [0.5, 0.6) is 0 Å². The normalized spacial score (nSPS) is 17.6. The third-order valence-corrected chi connectivity index (χ3v) is 5.02. The maximum atomic E-state index is 12.3. The van der Waals surface area contributed by atoms with Crippen LogP contribution in [0.4, 0.5) is 5.69 Å². The van der Waals surface area contributed by atoms with Crippen LogP contribution < -0.4 is 5.73 Å². The van der Waals surface area contributed by atoms with Gasteiger partial charge in [0.25, 0.3) is 0 Å². The number of halogens is 1. The third-order valence-electron chi connectivity index (χ3n) is 3.43. The van der Waals surface area contributed by atoms with Crippen molar-refractivity contribution in [1.82, 2.24) is 4.90 Å². The van der Waals surface area contributed by atoms with E-state index in [1.54, 1.807) is 18.2 Å². The van der Waals surface area contributed by atoms with Gasteiger partial charge in [-0.1, -0.05) is 24.4 Å². The topological polar surface area (TPSA) is 63.4 Å². The van der Waals surface area contributed by atoms with Crippen LogP contribution in [-0.2, 0) is 15.6 Å². The van der Waals surface area contributed by atoms with Gasteiger partial charge in [-0.15, -0.1) is 0 Å². The van der Waals surface area contributed by atoms with Crippen molar-refractivity contribution >= 4 is 34.0 Å². The third kappa shape index (κ3) is 3.96. The second-order valence-corrected chi connectivity index (χ2v) is 6.82. The van der Waals surface area contributed by atoms with E-state index in [1.165, 1.54) is 0 Å². The fourth-order valence-corrected chi connectivity index (χ4v) is 3.70. The minimum atomic E-state index is -1.44. The Morgan fingerprint density at radius 2 is 1.90 bits per heavy atom. The summed E-state index contributed by atoms with van der Waals surface area (Å²) in [4.78, 5) is 14.4. The molecular formula is C14H19ClN2O2S. The second-order valence-electron chi connectivity index (χ2n) is 4.97. The fraction of sp³-hybridized carbons (Fsp3) is 0.500. The lowest BCUT2D eigenvalue weighted by atomic mass is 10.2. The molecule has 20 heavy (non-hydrogen) atoms. The molecule has 6 heteroatoms. The van der Waals surface area contributed by atoms with Gasteiger partial charge in [0.1, 0.15) is 5.75 Å². The Morgan fingerprint density at radius 1 is 1.25 bits per heavy atom. The number of likely N-dealkylation sites (tertiary alicyclic amines) is 1. The van der Waals surface area contributed by atoms with Crippen molar-refractivity contribution in [3.05, 3.63) is 23.2 Å². The predicted molar refractivity (Wildman–Crippen MR) is 82.2 cm³/mol. The zero-order valence-corrected chi connectivity index (χ0v) is 12.9. The molecular weight excluding hydrogens is 296 g/mol. The van der Waals surface area contributed by atoms with Gasteiger partial charge in [0, 0.05) is 23.8 Å². The van der Waals surface area contributed by atoms with E-state index in [0.717, 1.165) is 38.8 Å². The van der Waals surface area contributed by atoms with E-state index < -0.39 is 10.8 Å². The quantitative estimate of drug-likeness (QED) is 0.872. The summed E-state index contributed by atoms with van der Waals surface area (Å²) in [6.45, 7) is 1.53. The van der Waals surface area contributed by atoms with Crippen molar-refractivity contribution in [1.29, 1.82) is 0 Å². The van der Waals surface area contributed by atoms with Crippen molar-refractivity contribution in [3.63, 3.8) is 0 Å². The average Bonchev–Trinajstić information content (AvgIpc) is 2.70. The van der Waals surface area contributed by atoms with Gasteiger partial charge in [-0.2, -0.15) is 0 Å². The fourth-order valence-electron chi connectivity index (χ4n) is 2.31. The summed E-state index contributed by atoms with van der Waals surface area (Å²) in [7, 11) is -1.44. The zero-order chi connectivity index (χ0) is 14.5. The number of carbonyl (C=O) groups excluding carboxylic acids is 1. The van der Waals surface area contributed by atoms with Gasteiger partial charge in [-0.05, 0) is 31.0 Å². The van der Waals surface area contributed by atoms with Crippen LogP contribution >= 0.6 is 11.6 Å². The summed E-state index contributed by atoms with van der Waals surface area (Å²) in [5.74, 6) is -0.0884. The number of amides is 1. The van der Waals surface area contributed by atoms with Gasteiger partial charge >= 0.3 is 0 Å². The second kappa shape index (κ2) is 7.09. The molecule has 2 N–H and O–H groups in total. The summed E-state index contributed by atoms with van der Waals surface area (Å²) >= 11 is 5.88. The number of carbonyl (C=O) groups is 1. The summed E-state index contributed by atoms with van der Waals surface area (Å²) < 4.78 is 12.3. The molecule has 0 aliphatic carbocycles. The van der Waals surface area contributed by atoms with Gasteiger partial charge in [0.05, 0.1) is 15.7 Å². The molecule has 1 aromatic rings. The van der Waals surface area contributed by atoms with Crippen molar-refractivity contribution in [2.24, 2.45) is 0 Å². The van der Waals surface area contributed by atoms with Gasteiger partial charge in [-0.25, -0.2) is 0 Å². The van der Waals surface area contributed by atoms with Crippen LogP contribution in [0.15, 0.2) is 23.1 Å². The van der Waals surface area contributed by atoms with E-state index >= 15 is 0 Å². The molecule has 4 nitrogen and oxygen atoms in total. The predicted octanol–water partition coefficient (Wildman–Crippen LogP) is 2.43. The van der Waals surface area contributed by atoms with Gasteiger partial charge in [0.2, 0.25) is 5.91 Å². The van der Waals surface area contributed by atoms with Crippen LogP contribution in [0, 0.1) is 0 Å². The standard InChI is InChI=1S/C14H19ClN2O2S/c15-11-5-6-12(16)13(9-11)20(19)10-14(18)17-7-3-1-2-4-8-17/h5-6,9H,1-4,7-8,10,16H2. The Labute approximate surface area is 126 Å². The number of hydrogen-bond acceptors (Lipinski definition) is 3. The molecule has 0 bridgehead atoms. The van der Waals surface area contributed by atoms with Crippen LogP contribution in [0.1, 0.15) is 25.7 Å². The first-order chi connectivity index (χ1) is 9.58. The van der Waals surface area contributed by atoms with E-state index in [2.05, 4.69) is 0 Å². The van der Waals surface area contributed by atoms with E-state index in [4.69, 9.17) is 17.3 Å². The number of nitrogens with two attached hydrogens (primary N) is 1.